The number of urea groups is 1. The van der Waals surface area contributed by atoms with Gasteiger partial charge in [0.1, 0.15) is 0 Å². The predicted molar refractivity (Wildman–Crippen MR) is 73.1 cm³/mol. The summed E-state index contributed by atoms with van der Waals surface area (Å²) in [6, 6.07) is 0.279. The van der Waals surface area contributed by atoms with Crippen LogP contribution in [-0.2, 0) is 4.79 Å². The third-order valence-corrected chi connectivity index (χ3v) is 3.90. The van der Waals surface area contributed by atoms with Gasteiger partial charge >= 0.3 is 12.0 Å². The van der Waals surface area contributed by atoms with Gasteiger partial charge in [0.2, 0.25) is 0 Å². The van der Waals surface area contributed by atoms with Gasteiger partial charge in [-0.2, -0.15) is 0 Å². The van der Waals surface area contributed by atoms with E-state index >= 15 is 0 Å². The van der Waals surface area contributed by atoms with Crippen LogP contribution in [-0.4, -0.2) is 66.2 Å². The van der Waals surface area contributed by atoms with Gasteiger partial charge in [-0.25, -0.2) is 4.79 Å². The molecule has 0 saturated carbocycles. The molecule has 2 N–H and O–H groups in total. The van der Waals surface area contributed by atoms with Crippen LogP contribution in [0.3, 0.4) is 0 Å². The molecule has 6 heteroatoms. The Balaban J connectivity index is 2.34. The fourth-order valence-corrected chi connectivity index (χ4v) is 2.02. The first-order valence-corrected chi connectivity index (χ1v) is 6.72. The van der Waals surface area contributed by atoms with Gasteiger partial charge < -0.3 is 20.2 Å². The molecule has 19 heavy (non-hydrogen) atoms. The molecule has 1 aliphatic heterocycles. The number of likely N-dealkylation sites (N-methyl/N-ethyl adjacent to an activating group) is 1. The van der Waals surface area contributed by atoms with Crippen molar-refractivity contribution in [1.29, 1.82) is 0 Å². The lowest BCUT2D eigenvalue weighted by atomic mass is 9.90. The number of amides is 2. The van der Waals surface area contributed by atoms with E-state index in [-0.39, 0.29) is 12.6 Å². The number of nitrogens with zero attached hydrogens (tertiary/aromatic N) is 2. The highest BCUT2D eigenvalue weighted by atomic mass is 16.4. The lowest BCUT2D eigenvalue weighted by Crippen LogP contribution is -2.43. The fourth-order valence-electron chi connectivity index (χ4n) is 2.02. The van der Waals surface area contributed by atoms with Crippen molar-refractivity contribution >= 4 is 12.0 Å². The van der Waals surface area contributed by atoms with Crippen LogP contribution in [0.2, 0.25) is 0 Å². The van der Waals surface area contributed by atoms with Gasteiger partial charge in [-0.1, -0.05) is 0 Å². The fraction of sp³-hybridized carbons (Fsp3) is 0.846. The standard InChI is InChI=1S/C13H25N3O3/c1-10(2)15(4)8-6-14-12(19)16-7-5-13(3,9-16)11(17)18/h10H,5-9H2,1-4H3,(H,14,19)(H,17,18). The average Bonchev–Trinajstić information content (AvgIpc) is 2.73. The lowest BCUT2D eigenvalue weighted by molar-refractivity contribution is -0.146. The normalized spacial score (nSPS) is 23.2. The molecule has 6 nitrogen and oxygen atoms in total. The van der Waals surface area contributed by atoms with Crippen LogP contribution in [0.4, 0.5) is 4.79 Å². The Labute approximate surface area is 114 Å². The predicted octanol–water partition coefficient (Wildman–Crippen LogP) is 0.833. The number of carboxylic acids is 1. The minimum Gasteiger partial charge on any atom is -0.481 e. The molecule has 0 aliphatic carbocycles. The van der Waals surface area contributed by atoms with Gasteiger partial charge in [0.15, 0.2) is 0 Å². The number of carboxylic acid groups (broad SMARTS) is 1. The Hall–Kier alpha value is -1.30. The Morgan fingerprint density at radius 3 is 2.58 bits per heavy atom. The van der Waals surface area contributed by atoms with Gasteiger partial charge in [-0.3, -0.25) is 4.79 Å². The molecule has 0 spiro atoms. The molecule has 1 fully saturated rings. The van der Waals surface area contributed by atoms with E-state index in [4.69, 9.17) is 5.11 Å². The van der Waals surface area contributed by atoms with Gasteiger partial charge in [0.05, 0.1) is 5.41 Å². The molecule has 0 aromatic rings. The van der Waals surface area contributed by atoms with Crippen LogP contribution in [0.1, 0.15) is 27.2 Å². The number of rotatable bonds is 5. The maximum absolute atomic E-state index is 11.9. The second-order valence-corrected chi connectivity index (χ2v) is 5.84. The number of likely N-dealkylation sites (tertiary alicyclic amines) is 1. The van der Waals surface area contributed by atoms with Gasteiger partial charge in [0, 0.05) is 32.2 Å². The minimum atomic E-state index is -0.831. The first kappa shape index (κ1) is 15.8. The van der Waals surface area contributed by atoms with Crippen LogP contribution < -0.4 is 5.32 Å². The quantitative estimate of drug-likeness (QED) is 0.777. The van der Waals surface area contributed by atoms with E-state index in [2.05, 4.69) is 24.1 Å². The Morgan fingerprint density at radius 2 is 2.11 bits per heavy atom. The molecule has 110 valence electrons. The number of carbonyl (C=O) groups is 2. The minimum absolute atomic E-state index is 0.165. The number of hydrogen-bond donors (Lipinski definition) is 2. The van der Waals surface area contributed by atoms with E-state index in [9.17, 15) is 9.59 Å². The van der Waals surface area contributed by atoms with Crippen molar-refractivity contribution in [2.24, 2.45) is 5.41 Å². The number of aliphatic carboxylic acids is 1. The molecule has 1 aliphatic rings. The molecule has 0 radical (unpaired) electrons. The summed E-state index contributed by atoms with van der Waals surface area (Å²) in [7, 11) is 2.01. The highest BCUT2D eigenvalue weighted by Crippen LogP contribution is 2.29. The number of hydrogen-bond acceptors (Lipinski definition) is 3. The van der Waals surface area contributed by atoms with Gasteiger partial charge in [-0.05, 0) is 34.2 Å². The second-order valence-electron chi connectivity index (χ2n) is 5.84. The molecule has 1 heterocycles. The van der Waals surface area contributed by atoms with Crippen molar-refractivity contribution in [2.75, 3.05) is 33.2 Å². The zero-order chi connectivity index (χ0) is 14.6. The molecular formula is C13H25N3O3. The van der Waals surface area contributed by atoms with Crippen LogP contribution in [0.5, 0.6) is 0 Å². The SMILES string of the molecule is CC(C)N(C)CCNC(=O)N1CCC(C)(C(=O)O)C1. The summed E-state index contributed by atoms with van der Waals surface area (Å²) in [5, 5.41) is 12.0. The molecule has 0 bridgehead atoms. The summed E-state index contributed by atoms with van der Waals surface area (Å²) in [6.45, 7) is 8.04. The van der Waals surface area contributed by atoms with E-state index in [0.29, 0.717) is 25.6 Å². The van der Waals surface area contributed by atoms with Crippen LogP contribution in [0, 0.1) is 5.41 Å². The van der Waals surface area contributed by atoms with E-state index in [1.165, 1.54) is 0 Å². The molecular weight excluding hydrogens is 246 g/mol. The Kier molecular flexibility index (Phi) is 5.17. The summed E-state index contributed by atoms with van der Waals surface area (Å²) < 4.78 is 0. The lowest BCUT2D eigenvalue weighted by Gasteiger charge is -2.23. The third kappa shape index (κ3) is 4.09. The monoisotopic (exact) mass is 271 g/mol. The highest BCUT2D eigenvalue weighted by molar-refractivity contribution is 5.79. The number of carbonyl (C=O) groups excluding carboxylic acids is 1. The first-order chi connectivity index (χ1) is 8.76. The van der Waals surface area contributed by atoms with Crippen LogP contribution in [0.25, 0.3) is 0 Å². The highest BCUT2D eigenvalue weighted by Gasteiger charge is 2.42. The van der Waals surface area contributed by atoms with Crippen molar-refractivity contribution in [3.8, 4) is 0 Å². The number of nitrogens with one attached hydrogen (secondary N) is 1. The van der Waals surface area contributed by atoms with Crippen molar-refractivity contribution < 1.29 is 14.7 Å². The maximum atomic E-state index is 11.9. The van der Waals surface area contributed by atoms with Crippen molar-refractivity contribution in [3.63, 3.8) is 0 Å². The van der Waals surface area contributed by atoms with E-state index in [1.54, 1.807) is 11.8 Å². The Bertz CT molecular complexity index is 346. The first-order valence-electron chi connectivity index (χ1n) is 6.72. The summed E-state index contributed by atoms with van der Waals surface area (Å²) in [5.41, 5.74) is -0.800. The second kappa shape index (κ2) is 6.23. The zero-order valence-electron chi connectivity index (χ0n) is 12.3. The largest absolute Gasteiger partial charge is 0.481 e. The van der Waals surface area contributed by atoms with Crippen molar-refractivity contribution in [2.45, 2.75) is 33.2 Å². The van der Waals surface area contributed by atoms with E-state index in [1.807, 2.05) is 7.05 Å². The summed E-state index contributed by atoms with van der Waals surface area (Å²) in [4.78, 5) is 26.7. The summed E-state index contributed by atoms with van der Waals surface area (Å²) >= 11 is 0. The van der Waals surface area contributed by atoms with Crippen molar-refractivity contribution in [3.05, 3.63) is 0 Å². The summed E-state index contributed by atoms with van der Waals surface area (Å²) in [5.74, 6) is -0.831. The van der Waals surface area contributed by atoms with Crippen LogP contribution >= 0.6 is 0 Å². The topological polar surface area (TPSA) is 72.9 Å². The molecule has 1 unspecified atom stereocenters. The molecule has 0 aromatic heterocycles. The summed E-state index contributed by atoms with van der Waals surface area (Å²) in [6.07, 6.45) is 0.516. The van der Waals surface area contributed by atoms with Crippen molar-refractivity contribution in [1.82, 2.24) is 15.1 Å². The molecule has 1 atom stereocenters. The Morgan fingerprint density at radius 1 is 1.47 bits per heavy atom. The van der Waals surface area contributed by atoms with E-state index < -0.39 is 11.4 Å². The van der Waals surface area contributed by atoms with Gasteiger partial charge in [0.25, 0.3) is 0 Å². The molecule has 1 saturated heterocycles. The zero-order valence-corrected chi connectivity index (χ0v) is 12.3. The van der Waals surface area contributed by atoms with Gasteiger partial charge in [-0.15, -0.1) is 0 Å². The third-order valence-electron chi connectivity index (χ3n) is 3.90. The molecule has 1 rings (SSSR count). The van der Waals surface area contributed by atoms with Crippen LogP contribution in [0.15, 0.2) is 0 Å². The molecule has 2 amide bonds. The maximum Gasteiger partial charge on any atom is 0.317 e. The van der Waals surface area contributed by atoms with E-state index in [0.717, 1.165) is 6.54 Å². The average molecular weight is 271 g/mol. The molecule has 0 aromatic carbocycles. The smallest absolute Gasteiger partial charge is 0.317 e.